The number of hydrogen-bond acceptors (Lipinski definition) is 2. The topological polar surface area (TPSA) is 41.6 Å². The minimum absolute atomic E-state index is 0.297. The van der Waals surface area contributed by atoms with E-state index in [-0.39, 0.29) is 0 Å². The van der Waals surface area contributed by atoms with Crippen molar-refractivity contribution in [1.82, 2.24) is 9.55 Å². The minimum Gasteiger partial charge on any atom is -0.299 e. The zero-order valence-electron chi connectivity index (χ0n) is 11.2. The van der Waals surface area contributed by atoms with Gasteiger partial charge in [0.25, 0.3) is 0 Å². The van der Waals surface area contributed by atoms with Crippen LogP contribution in [0.25, 0.3) is 16.7 Å². The summed E-state index contributed by atoms with van der Waals surface area (Å²) in [4.78, 5) is 4.34. The highest BCUT2D eigenvalue weighted by atomic mass is 19.1. The van der Waals surface area contributed by atoms with Crippen molar-refractivity contribution in [2.24, 2.45) is 0 Å². The monoisotopic (exact) mass is 265 g/mol. The van der Waals surface area contributed by atoms with E-state index in [4.69, 9.17) is 5.26 Å². The van der Waals surface area contributed by atoms with Crippen LogP contribution in [0.1, 0.15) is 16.7 Å². The van der Waals surface area contributed by atoms with E-state index in [1.54, 1.807) is 17.0 Å². The van der Waals surface area contributed by atoms with Crippen molar-refractivity contribution in [3.8, 4) is 11.8 Å². The van der Waals surface area contributed by atoms with Crippen LogP contribution in [0, 0.1) is 31.0 Å². The maximum atomic E-state index is 13.6. The van der Waals surface area contributed by atoms with Gasteiger partial charge in [-0.25, -0.2) is 9.37 Å². The highest BCUT2D eigenvalue weighted by Gasteiger charge is 2.08. The summed E-state index contributed by atoms with van der Waals surface area (Å²) in [6, 6.07) is 10.3. The van der Waals surface area contributed by atoms with Crippen LogP contribution in [0.15, 0.2) is 36.7 Å². The van der Waals surface area contributed by atoms with Crippen LogP contribution in [-0.2, 0) is 0 Å². The molecule has 0 saturated heterocycles. The number of benzene rings is 2. The molecule has 98 valence electrons. The molecule has 3 nitrogen and oxygen atoms in total. The summed E-state index contributed by atoms with van der Waals surface area (Å²) in [6.07, 6.45) is 1.65. The summed E-state index contributed by atoms with van der Waals surface area (Å²) < 4.78 is 15.4. The maximum absolute atomic E-state index is 13.6. The van der Waals surface area contributed by atoms with Gasteiger partial charge in [0.05, 0.1) is 28.4 Å². The molecule has 0 fully saturated rings. The number of nitriles is 1. The van der Waals surface area contributed by atoms with Gasteiger partial charge in [-0.2, -0.15) is 5.26 Å². The number of aromatic nitrogens is 2. The fraction of sp³-hybridized carbons (Fsp3) is 0.125. The highest BCUT2D eigenvalue weighted by Crippen LogP contribution is 2.23. The SMILES string of the molecule is Cc1cc2ncn(-c3cc(F)cc(C#N)c3)c2cc1C. The predicted molar refractivity (Wildman–Crippen MR) is 75.2 cm³/mol. The van der Waals surface area contributed by atoms with E-state index in [2.05, 4.69) is 4.98 Å². The average Bonchev–Trinajstić information content (AvgIpc) is 2.81. The van der Waals surface area contributed by atoms with Gasteiger partial charge in [-0.15, -0.1) is 0 Å². The van der Waals surface area contributed by atoms with E-state index in [0.29, 0.717) is 11.3 Å². The lowest BCUT2D eigenvalue weighted by Crippen LogP contribution is -1.95. The van der Waals surface area contributed by atoms with Gasteiger partial charge in [0.2, 0.25) is 0 Å². The molecular formula is C16H12FN3. The third kappa shape index (κ3) is 1.94. The highest BCUT2D eigenvalue weighted by molar-refractivity contribution is 5.79. The summed E-state index contributed by atoms with van der Waals surface area (Å²) >= 11 is 0. The van der Waals surface area contributed by atoms with Crippen LogP contribution in [0.4, 0.5) is 4.39 Å². The second-order valence-corrected chi connectivity index (χ2v) is 4.85. The molecule has 0 spiro atoms. The van der Waals surface area contributed by atoms with Crippen LogP contribution < -0.4 is 0 Å². The Hall–Kier alpha value is -2.67. The second-order valence-electron chi connectivity index (χ2n) is 4.85. The molecule has 0 aliphatic heterocycles. The van der Waals surface area contributed by atoms with Crippen LogP contribution in [0.5, 0.6) is 0 Å². The first-order valence-electron chi connectivity index (χ1n) is 6.24. The molecule has 0 N–H and O–H groups in total. The second kappa shape index (κ2) is 4.46. The molecule has 0 bridgehead atoms. The molecule has 1 aromatic heterocycles. The first-order chi connectivity index (χ1) is 9.58. The fourth-order valence-electron chi connectivity index (χ4n) is 2.25. The van der Waals surface area contributed by atoms with Crippen molar-refractivity contribution in [3.05, 3.63) is 59.2 Å². The van der Waals surface area contributed by atoms with Crippen molar-refractivity contribution >= 4 is 11.0 Å². The van der Waals surface area contributed by atoms with E-state index in [9.17, 15) is 4.39 Å². The van der Waals surface area contributed by atoms with Crippen LogP contribution in [-0.4, -0.2) is 9.55 Å². The lowest BCUT2D eigenvalue weighted by molar-refractivity contribution is 0.626. The lowest BCUT2D eigenvalue weighted by Gasteiger charge is -2.07. The Kier molecular flexibility index (Phi) is 2.76. The van der Waals surface area contributed by atoms with Gasteiger partial charge in [0.15, 0.2) is 0 Å². The van der Waals surface area contributed by atoms with Gasteiger partial charge in [-0.3, -0.25) is 4.57 Å². The summed E-state index contributed by atoms with van der Waals surface area (Å²) in [6.45, 7) is 4.06. The molecule has 0 radical (unpaired) electrons. The number of fused-ring (bicyclic) bond motifs is 1. The number of aryl methyl sites for hydroxylation is 2. The molecule has 0 aliphatic carbocycles. The Labute approximate surface area is 115 Å². The van der Waals surface area contributed by atoms with Crippen LogP contribution in [0.2, 0.25) is 0 Å². The lowest BCUT2D eigenvalue weighted by atomic mass is 10.1. The minimum atomic E-state index is -0.426. The molecule has 3 aromatic rings. The summed E-state index contributed by atoms with van der Waals surface area (Å²) in [5.74, 6) is -0.426. The number of hydrogen-bond donors (Lipinski definition) is 0. The predicted octanol–water partition coefficient (Wildman–Crippen LogP) is 3.65. The zero-order valence-corrected chi connectivity index (χ0v) is 11.2. The zero-order chi connectivity index (χ0) is 14.3. The molecule has 20 heavy (non-hydrogen) atoms. The van der Waals surface area contributed by atoms with Gasteiger partial charge in [0.1, 0.15) is 12.1 Å². The van der Waals surface area contributed by atoms with Gasteiger partial charge in [0, 0.05) is 0 Å². The van der Waals surface area contributed by atoms with E-state index >= 15 is 0 Å². The molecule has 0 amide bonds. The maximum Gasteiger partial charge on any atom is 0.126 e. The summed E-state index contributed by atoms with van der Waals surface area (Å²) in [7, 11) is 0. The molecule has 0 unspecified atom stereocenters. The standard InChI is InChI=1S/C16H12FN3/c1-10-3-15-16(4-11(10)2)20(9-19-15)14-6-12(8-18)5-13(17)7-14/h3-7,9H,1-2H3. The molecule has 0 saturated carbocycles. The van der Waals surface area contributed by atoms with E-state index < -0.39 is 5.82 Å². The summed E-state index contributed by atoms with van der Waals surface area (Å²) in [5, 5.41) is 8.94. The third-order valence-electron chi connectivity index (χ3n) is 3.45. The normalized spacial score (nSPS) is 10.7. The Morgan fingerprint density at radius 1 is 1.10 bits per heavy atom. The van der Waals surface area contributed by atoms with Gasteiger partial charge >= 0.3 is 0 Å². The first kappa shape index (κ1) is 12.4. The average molecular weight is 265 g/mol. The number of rotatable bonds is 1. The van der Waals surface area contributed by atoms with Gasteiger partial charge < -0.3 is 0 Å². The molecule has 3 rings (SSSR count). The van der Waals surface area contributed by atoms with Gasteiger partial charge in [-0.05, 0) is 55.3 Å². The largest absolute Gasteiger partial charge is 0.299 e. The molecular weight excluding hydrogens is 253 g/mol. The molecule has 0 aliphatic rings. The smallest absolute Gasteiger partial charge is 0.126 e. The van der Waals surface area contributed by atoms with E-state index in [1.807, 2.05) is 32.0 Å². The molecule has 1 heterocycles. The van der Waals surface area contributed by atoms with Crippen molar-refractivity contribution in [2.75, 3.05) is 0 Å². The van der Waals surface area contributed by atoms with Crippen LogP contribution >= 0.6 is 0 Å². The van der Waals surface area contributed by atoms with Gasteiger partial charge in [-0.1, -0.05) is 0 Å². The molecule has 2 aromatic carbocycles. The van der Waals surface area contributed by atoms with Crippen molar-refractivity contribution in [1.29, 1.82) is 5.26 Å². The quantitative estimate of drug-likeness (QED) is 0.674. The van der Waals surface area contributed by atoms with Crippen molar-refractivity contribution < 1.29 is 4.39 Å². The Balaban J connectivity index is 2.28. The van der Waals surface area contributed by atoms with Crippen molar-refractivity contribution in [3.63, 3.8) is 0 Å². The first-order valence-corrected chi connectivity index (χ1v) is 6.24. The Bertz CT molecular complexity index is 856. The molecule has 4 heteroatoms. The van der Waals surface area contributed by atoms with E-state index in [1.165, 1.54) is 17.7 Å². The Morgan fingerprint density at radius 2 is 1.85 bits per heavy atom. The number of nitrogens with zero attached hydrogens (tertiary/aromatic N) is 3. The summed E-state index contributed by atoms with van der Waals surface area (Å²) in [5.41, 5.74) is 4.98. The Morgan fingerprint density at radius 3 is 2.60 bits per heavy atom. The van der Waals surface area contributed by atoms with E-state index in [0.717, 1.165) is 16.6 Å². The van der Waals surface area contributed by atoms with Crippen LogP contribution in [0.3, 0.4) is 0 Å². The molecule has 0 atom stereocenters. The third-order valence-corrected chi connectivity index (χ3v) is 3.45. The van der Waals surface area contributed by atoms with Crippen molar-refractivity contribution in [2.45, 2.75) is 13.8 Å². The fourth-order valence-corrected chi connectivity index (χ4v) is 2.25. The number of halogens is 1. The number of imidazole rings is 1.